The molecule has 68 valence electrons. The van der Waals surface area contributed by atoms with Crippen LogP contribution in [0.4, 0.5) is 0 Å². The van der Waals surface area contributed by atoms with Crippen molar-refractivity contribution in [1.29, 1.82) is 0 Å². The van der Waals surface area contributed by atoms with Crippen molar-refractivity contribution in [3.05, 3.63) is 24.8 Å². The Morgan fingerprint density at radius 3 is 2.42 bits per heavy atom. The molecule has 0 unspecified atom stereocenters. The second-order valence-corrected chi connectivity index (χ2v) is 3.88. The molecule has 1 nitrogen and oxygen atoms in total. The number of Topliss-reactive ketones (excluding diaryl/α,β-unsaturated/α-hetero) is 1. The molecule has 0 aromatic heterocycles. The summed E-state index contributed by atoms with van der Waals surface area (Å²) in [5.41, 5.74) is -0.192. The lowest BCUT2D eigenvalue weighted by atomic mass is 9.88. The molecule has 0 radical (unpaired) electrons. The van der Waals surface area contributed by atoms with Gasteiger partial charge in [0, 0.05) is 11.8 Å². The summed E-state index contributed by atoms with van der Waals surface area (Å²) >= 11 is 0. The van der Waals surface area contributed by atoms with Crippen LogP contribution in [0.2, 0.25) is 0 Å². The summed E-state index contributed by atoms with van der Waals surface area (Å²) in [5, 5.41) is 0. The van der Waals surface area contributed by atoms with Crippen LogP contribution in [0.1, 0.15) is 33.6 Å². The fourth-order valence-corrected chi connectivity index (χ4v) is 0.782. The first-order valence-electron chi connectivity index (χ1n) is 4.29. The number of carbonyl (C=O) groups is 1. The first-order chi connectivity index (χ1) is 5.48. The van der Waals surface area contributed by atoms with E-state index < -0.39 is 0 Å². The van der Waals surface area contributed by atoms with E-state index in [0.29, 0.717) is 12.2 Å². The van der Waals surface area contributed by atoms with Crippen LogP contribution in [-0.2, 0) is 4.79 Å². The summed E-state index contributed by atoms with van der Waals surface area (Å²) in [7, 11) is 0. The summed E-state index contributed by atoms with van der Waals surface area (Å²) < 4.78 is 0. The molecule has 0 aromatic rings. The van der Waals surface area contributed by atoms with Crippen molar-refractivity contribution in [3.8, 4) is 0 Å². The van der Waals surface area contributed by atoms with Gasteiger partial charge in [0.2, 0.25) is 0 Å². The van der Waals surface area contributed by atoms with E-state index in [1.165, 1.54) is 0 Å². The zero-order chi connectivity index (χ0) is 9.61. The number of carbonyl (C=O) groups excluding carboxylic acids is 1. The Morgan fingerprint density at radius 2 is 2.00 bits per heavy atom. The predicted molar refractivity (Wildman–Crippen MR) is 53.0 cm³/mol. The smallest absolute Gasteiger partial charge is 0.138 e. The average Bonchev–Trinajstić information content (AvgIpc) is 1.96. The maximum absolute atomic E-state index is 11.4. The zero-order valence-electron chi connectivity index (χ0n) is 8.26. The van der Waals surface area contributed by atoms with Crippen LogP contribution in [0.15, 0.2) is 24.8 Å². The number of rotatable bonds is 4. The van der Waals surface area contributed by atoms with Crippen LogP contribution < -0.4 is 0 Å². The molecule has 0 saturated heterocycles. The minimum Gasteiger partial charge on any atom is -0.299 e. The van der Waals surface area contributed by atoms with Crippen molar-refractivity contribution >= 4 is 5.78 Å². The summed E-state index contributed by atoms with van der Waals surface area (Å²) in [6.45, 7) is 9.41. The van der Waals surface area contributed by atoms with Gasteiger partial charge in [0.25, 0.3) is 0 Å². The lowest BCUT2D eigenvalue weighted by molar-refractivity contribution is -0.126. The molecule has 0 aliphatic heterocycles. The quantitative estimate of drug-likeness (QED) is 0.586. The molecule has 12 heavy (non-hydrogen) atoms. The minimum atomic E-state index is -0.192. The van der Waals surface area contributed by atoms with Gasteiger partial charge >= 0.3 is 0 Å². The van der Waals surface area contributed by atoms with E-state index in [9.17, 15) is 4.79 Å². The van der Waals surface area contributed by atoms with Crippen LogP contribution >= 0.6 is 0 Å². The molecule has 0 aliphatic rings. The number of hydrogen-bond acceptors (Lipinski definition) is 1. The van der Waals surface area contributed by atoms with Crippen LogP contribution in [-0.4, -0.2) is 5.78 Å². The van der Waals surface area contributed by atoms with Gasteiger partial charge in [-0.25, -0.2) is 0 Å². The molecule has 0 saturated carbocycles. The monoisotopic (exact) mass is 166 g/mol. The fraction of sp³-hybridized carbons (Fsp3) is 0.545. The van der Waals surface area contributed by atoms with E-state index in [2.05, 4.69) is 6.58 Å². The van der Waals surface area contributed by atoms with Crippen molar-refractivity contribution in [2.75, 3.05) is 0 Å². The van der Waals surface area contributed by atoms with Gasteiger partial charge in [-0.1, -0.05) is 45.6 Å². The largest absolute Gasteiger partial charge is 0.299 e. The van der Waals surface area contributed by atoms with E-state index in [-0.39, 0.29) is 5.41 Å². The summed E-state index contributed by atoms with van der Waals surface area (Å²) in [6.07, 6.45) is 7.02. The van der Waals surface area contributed by atoms with Gasteiger partial charge < -0.3 is 0 Å². The highest BCUT2D eigenvalue weighted by atomic mass is 16.1. The van der Waals surface area contributed by atoms with Crippen LogP contribution in [0.5, 0.6) is 0 Å². The highest BCUT2D eigenvalue weighted by molar-refractivity contribution is 5.83. The molecular formula is C11H18O. The van der Waals surface area contributed by atoms with E-state index in [1.54, 1.807) is 6.08 Å². The van der Waals surface area contributed by atoms with E-state index in [4.69, 9.17) is 0 Å². The van der Waals surface area contributed by atoms with Crippen molar-refractivity contribution in [2.45, 2.75) is 33.6 Å². The number of ketones is 1. The second-order valence-electron chi connectivity index (χ2n) is 3.88. The van der Waals surface area contributed by atoms with Gasteiger partial charge in [0.1, 0.15) is 5.78 Å². The molecule has 0 aromatic carbocycles. The van der Waals surface area contributed by atoms with Gasteiger partial charge in [0.05, 0.1) is 0 Å². The Labute approximate surface area is 75.2 Å². The maximum atomic E-state index is 11.4. The standard InChI is InChI=1S/C11H18O/c1-5-6-7-8-9-10(12)11(2,3)4/h5-7H,1,8-9H2,2-4H3. The van der Waals surface area contributed by atoms with Gasteiger partial charge in [0.15, 0.2) is 0 Å². The van der Waals surface area contributed by atoms with Crippen LogP contribution in [0, 0.1) is 5.41 Å². The Balaban J connectivity index is 3.73. The maximum Gasteiger partial charge on any atom is 0.138 e. The van der Waals surface area contributed by atoms with Gasteiger partial charge in [-0.3, -0.25) is 4.79 Å². The Hall–Kier alpha value is -0.850. The second kappa shape index (κ2) is 4.91. The molecule has 1 heteroatoms. The highest BCUT2D eigenvalue weighted by Crippen LogP contribution is 2.17. The summed E-state index contributed by atoms with van der Waals surface area (Å²) in [5.74, 6) is 0.316. The van der Waals surface area contributed by atoms with E-state index in [1.807, 2.05) is 32.9 Å². The normalized spacial score (nSPS) is 11.9. The zero-order valence-corrected chi connectivity index (χ0v) is 8.26. The number of allylic oxidation sites excluding steroid dienone is 3. The van der Waals surface area contributed by atoms with Crippen molar-refractivity contribution in [2.24, 2.45) is 5.41 Å². The molecule has 0 bridgehead atoms. The number of hydrogen-bond donors (Lipinski definition) is 0. The molecule has 0 atom stereocenters. The predicted octanol–water partition coefficient (Wildman–Crippen LogP) is 3.12. The summed E-state index contributed by atoms with van der Waals surface area (Å²) in [6, 6.07) is 0. The minimum absolute atomic E-state index is 0.192. The lowest BCUT2D eigenvalue weighted by Gasteiger charge is -2.15. The first-order valence-corrected chi connectivity index (χ1v) is 4.29. The van der Waals surface area contributed by atoms with E-state index >= 15 is 0 Å². The highest BCUT2D eigenvalue weighted by Gasteiger charge is 2.19. The van der Waals surface area contributed by atoms with E-state index in [0.717, 1.165) is 6.42 Å². The molecule has 0 amide bonds. The van der Waals surface area contributed by atoms with Crippen molar-refractivity contribution in [3.63, 3.8) is 0 Å². The third kappa shape index (κ3) is 4.89. The Bertz CT molecular complexity index is 182. The molecule has 0 N–H and O–H groups in total. The van der Waals surface area contributed by atoms with Gasteiger partial charge in [-0.2, -0.15) is 0 Å². The fourth-order valence-electron chi connectivity index (χ4n) is 0.782. The lowest BCUT2D eigenvalue weighted by Crippen LogP contribution is -2.19. The summed E-state index contributed by atoms with van der Waals surface area (Å²) in [4.78, 5) is 11.4. The Morgan fingerprint density at radius 1 is 1.42 bits per heavy atom. The van der Waals surface area contributed by atoms with Crippen LogP contribution in [0.3, 0.4) is 0 Å². The third-order valence-electron chi connectivity index (χ3n) is 1.65. The van der Waals surface area contributed by atoms with Crippen molar-refractivity contribution in [1.82, 2.24) is 0 Å². The van der Waals surface area contributed by atoms with Crippen LogP contribution in [0.25, 0.3) is 0 Å². The SMILES string of the molecule is C=CC=CCCC(=O)C(C)(C)C. The van der Waals surface area contributed by atoms with Gasteiger partial charge in [-0.05, 0) is 6.42 Å². The molecule has 0 fully saturated rings. The Kier molecular flexibility index (Phi) is 4.57. The van der Waals surface area contributed by atoms with Crippen molar-refractivity contribution < 1.29 is 4.79 Å². The third-order valence-corrected chi connectivity index (χ3v) is 1.65. The molecule has 0 rings (SSSR count). The van der Waals surface area contributed by atoms with Gasteiger partial charge in [-0.15, -0.1) is 0 Å². The average molecular weight is 166 g/mol. The molecule has 0 heterocycles. The first kappa shape index (κ1) is 11.2. The molecule has 0 spiro atoms. The molecular weight excluding hydrogens is 148 g/mol. The topological polar surface area (TPSA) is 17.1 Å². The molecule has 0 aliphatic carbocycles.